The molecular weight excluding hydrogens is 318 g/mol. The molecule has 0 aliphatic heterocycles. The fraction of sp³-hybridized carbons (Fsp3) is 0.412. The molecule has 2 fully saturated rings. The van der Waals surface area contributed by atoms with Gasteiger partial charge in [0.25, 0.3) is 0 Å². The summed E-state index contributed by atoms with van der Waals surface area (Å²) in [6.07, 6.45) is 6.46. The van der Waals surface area contributed by atoms with Gasteiger partial charge in [0.05, 0.1) is 12.2 Å². The molecule has 3 aromatic heterocycles. The quantitative estimate of drug-likeness (QED) is 0.711. The highest BCUT2D eigenvalue weighted by Crippen LogP contribution is 2.41. The van der Waals surface area contributed by atoms with Crippen LogP contribution < -0.4 is 10.6 Å². The summed E-state index contributed by atoms with van der Waals surface area (Å²) in [7, 11) is 0. The van der Waals surface area contributed by atoms with E-state index in [1.54, 1.807) is 12.3 Å². The van der Waals surface area contributed by atoms with Crippen molar-refractivity contribution in [1.82, 2.24) is 25.3 Å². The van der Waals surface area contributed by atoms with E-state index < -0.39 is 0 Å². The molecule has 0 atom stereocenters. The second-order valence-electron chi connectivity index (χ2n) is 6.82. The molecule has 128 valence electrons. The zero-order valence-corrected chi connectivity index (χ0v) is 13.7. The van der Waals surface area contributed by atoms with Gasteiger partial charge in [-0.25, -0.2) is 4.98 Å². The number of rotatable bonds is 6. The lowest BCUT2D eigenvalue weighted by Crippen LogP contribution is -2.19. The van der Waals surface area contributed by atoms with Crippen molar-refractivity contribution in [3.8, 4) is 0 Å². The first-order valence-corrected chi connectivity index (χ1v) is 8.63. The fourth-order valence-electron chi connectivity index (χ4n) is 2.94. The summed E-state index contributed by atoms with van der Waals surface area (Å²) in [5, 5.41) is 11.8. The molecule has 8 heteroatoms. The van der Waals surface area contributed by atoms with Crippen LogP contribution in [0, 0.1) is 0 Å². The first kappa shape index (κ1) is 14.4. The average molecular weight is 337 g/mol. The summed E-state index contributed by atoms with van der Waals surface area (Å²) in [6, 6.07) is 5.75. The Morgan fingerprint density at radius 2 is 2.04 bits per heavy atom. The van der Waals surface area contributed by atoms with Gasteiger partial charge >= 0.3 is 0 Å². The molecule has 0 spiro atoms. The van der Waals surface area contributed by atoms with Gasteiger partial charge in [-0.15, -0.1) is 0 Å². The highest BCUT2D eigenvalue weighted by Gasteiger charge is 2.29. The Kier molecular flexibility index (Phi) is 3.22. The molecule has 5 rings (SSSR count). The monoisotopic (exact) mass is 337 g/mol. The molecule has 0 bridgehead atoms. The van der Waals surface area contributed by atoms with Gasteiger partial charge in [-0.1, -0.05) is 5.16 Å². The standard InChI is InChI=1S/C17H19N7O/c18-15-5-6-19-17(20-15)24(16-8-13(21-22-16)10-1-2-10)9-12-7-14(23-25-12)11-3-4-11/h5-8,10-11H,1-4,9H2,(H,21,22)(H2,18,19,20). The number of hydrogen-bond acceptors (Lipinski definition) is 7. The molecule has 0 radical (unpaired) electrons. The molecular formula is C17H19N7O. The third-order valence-electron chi connectivity index (χ3n) is 4.67. The second kappa shape index (κ2) is 5.58. The predicted molar refractivity (Wildman–Crippen MR) is 91.3 cm³/mol. The number of aromatic amines is 1. The minimum atomic E-state index is 0.421. The van der Waals surface area contributed by atoms with E-state index in [0.717, 1.165) is 23.0 Å². The van der Waals surface area contributed by atoms with Crippen molar-refractivity contribution in [3.63, 3.8) is 0 Å². The molecule has 0 saturated heterocycles. The first-order valence-electron chi connectivity index (χ1n) is 8.63. The van der Waals surface area contributed by atoms with Crippen LogP contribution in [0.1, 0.15) is 54.7 Å². The third kappa shape index (κ3) is 2.95. The van der Waals surface area contributed by atoms with Crippen molar-refractivity contribution in [2.75, 3.05) is 10.6 Å². The van der Waals surface area contributed by atoms with Crippen LogP contribution in [0.2, 0.25) is 0 Å². The van der Waals surface area contributed by atoms with E-state index >= 15 is 0 Å². The Hall–Kier alpha value is -2.90. The minimum Gasteiger partial charge on any atom is -0.384 e. The summed E-state index contributed by atoms with van der Waals surface area (Å²) < 4.78 is 5.52. The van der Waals surface area contributed by atoms with Gasteiger partial charge < -0.3 is 10.3 Å². The molecule has 8 nitrogen and oxygen atoms in total. The van der Waals surface area contributed by atoms with Crippen LogP contribution in [0.15, 0.2) is 28.9 Å². The van der Waals surface area contributed by atoms with Crippen molar-refractivity contribution < 1.29 is 4.52 Å². The van der Waals surface area contributed by atoms with Crippen molar-refractivity contribution in [3.05, 3.63) is 41.5 Å². The van der Waals surface area contributed by atoms with Gasteiger partial charge in [0.15, 0.2) is 11.6 Å². The van der Waals surface area contributed by atoms with E-state index in [4.69, 9.17) is 10.3 Å². The lowest BCUT2D eigenvalue weighted by atomic mass is 10.2. The molecule has 3 aromatic rings. The number of nitrogens with one attached hydrogen (secondary N) is 1. The maximum atomic E-state index is 5.84. The number of aromatic nitrogens is 5. The number of H-pyrrole nitrogens is 1. The number of nitrogens with two attached hydrogens (primary N) is 1. The van der Waals surface area contributed by atoms with Gasteiger partial charge in [0.2, 0.25) is 5.95 Å². The van der Waals surface area contributed by atoms with E-state index in [1.807, 2.05) is 11.0 Å². The number of nitrogens with zero attached hydrogens (tertiary/aromatic N) is 5. The molecule has 0 unspecified atom stereocenters. The summed E-state index contributed by atoms with van der Waals surface area (Å²) in [6.45, 7) is 0.456. The van der Waals surface area contributed by atoms with E-state index in [0.29, 0.717) is 30.1 Å². The summed E-state index contributed by atoms with van der Waals surface area (Å²) in [4.78, 5) is 10.6. The summed E-state index contributed by atoms with van der Waals surface area (Å²) in [5.74, 6) is 3.60. The topological polar surface area (TPSA) is 110 Å². The minimum absolute atomic E-state index is 0.421. The average Bonchev–Trinajstić information content (AvgIpc) is 3.55. The van der Waals surface area contributed by atoms with Crippen LogP contribution in [0.25, 0.3) is 0 Å². The van der Waals surface area contributed by atoms with E-state index in [2.05, 4.69) is 31.4 Å². The van der Waals surface area contributed by atoms with Crippen molar-refractivity contribution in [2.24, 2.45) is 0 Å². The Morgan fingerprint density at radius 1 is 1.20 bits per heavy atom. The van der Waals surface area contributed by atoms with Gasteiger partial charge in [0, 0.05) is 35.9 Å². The summed E-state index contributed by atoms with van der Waals surface area (Å²) >= 11 is 0. The molecule has 2 aliphatic carbocycles. The van der Waals surface area contributed by atoms with Crippen LogP contribution in [-0.2, 0) is 6.54 Å². The van der Waals surface area contributed by atoms with E-state index in [9.17, 15) is 0 Å². The molecule has 3 heterocycles. The molecule has 2 saturated carbocycles. The Bertz CT molecular complexity index is 894. The number of hydrogen-bond donors (Lipinski definition) is 2. The molecule has 2 aliphatic rings. The highest BCUT2D eigenvalue weighted by atomic mass is 16.5. The van der Waals surface area contributed by atoms with E-state index in [-0.39, 0.29) is 0 Å². The lowest BCUT2D eigenvalue weighted by molar-refractivity contribution is 0.377. The summed E-state index contributed by atoms with van der Waals surface area (Å²) in [5.41, 5.74) is 8.03. The van der Waals surface area contributed by atoms with Crippen LogP contribution in [0.5, 0.6) is 0 Å². The fourth-order valence-corrected chi connectivity index (χ4v) is 2.94. The van der Waals surface area contributed by atoms with Crippen LogP contribution in [0.3, 0.4) is 0 Å². The molecule has 0 aromatic carbocycles. The zero-order valence-electron chi connectivity index (χ0n) is 13.7. The molecule has 25 heavy (non-hydrogen) atoms. The second-order valence-corrected chi connectivity index (χ2v) is 6.82. The smallest absolute Gasteiger partial charge is 0.233 e. The lowest BCUT2D eigenvalue weighted by Gasteiger charge is -2.18. The number of nitrogen functional groups attached to an aromatic ring is 1. The van der Waals surface area contributed by atoms with Crippen LogP contribution in [-0.4, -0.2) is 25.3 Å². The van der Waals surface area contributed by atoms with Gasteiger partial charge in [-0.2, -0.15) is 10.1 Å². The largest absolute Gasteiger partial charge is 0.384 e. The van der Waals surface area contributed by atoms with Crippen LogP contribution in [0.4, 0.5) is 17.6 Å². The van der Waals surface area contributed by atoms with Crippen molar-refractivity contribution in [2.45, 2.75) is 44.1 Å². The number of anilines is 3. The molecule has 0 amide bonds. The Morgan fingerprint density at radius 3 is 2.80 bits per heavy atom. The van der Waals surface area contributed by atoms with Crippen LogP contribution >= 0.6 is 0 Å². The highest BCUT2D eigenvalue weighted by molar-refractivity contribution is 5.54. The molecule has 3 N–H and O–H groups in total. The van der Waals surface area contributed by atoms with Gasteiger partial charge in [0.1, 0.15) is 5.82 Å². The predicted octanol–water partition coefficient (Wildman–Crippen LogP) is 2.86. The van der Waals surface area contributed by atoms with Crippen molar-refractivity contribution in [1.29, 1.82) is 0 Å². The van der Waals surface area contributed by atoms with Gasteiger partial charge in [-0.05, 0) is 31.7 Å². The maximum Gasteiger partial charge on any atom is 0.233 e. The Balaban J connectivity index is 1.47. The van der Waals surface area contributed by atoms with E-state index in [1.165, 1.54) is 25.7 Å². The third-order valence-corrected chi connectivity index (χ3v) is 4.67. The first-order chi connectivity index (χ1) is 12.3. The Labute approximate surface area is 144 Å². The zero-order chi connectivity index (χ0) is 16.8. The normalized spacial score (nSPS) is 17.0. The maximum absolute atomic E-state index is 5.84. The SMILES string of the molecule is Nc1ccnc(N(Cc2cc(C3CC3)no2)c2cc(C3CC3)[nH]n2)n1. The van der Waals surface area contributed by atoms with Gasteiger partial charge in [-0.3, -0.25) is 10.00 Å². The van der Waals surface area contributed by atoms with Crippen molar-refractivity contribution >= 4 is 17.6 Å².